The van der Waals surface area contributed by atoms with Crippen molar-refractivity contribution in [3.63, 3.8) is 0 Å². The molecule has 4 nitrogen and oxygen atoms in total. The van der Waals surface area contributed by atoms with Crippen LogP contribution >= 0.6 is 11.6 Å². The quantitative estimate of drug-likeness (QED) is 0.461. The van der Waals surface area contributed by atoms with Gasteiger partial charge in [-0.1, -0.05) is 0 Å². The summed E-state index contributed by atoms with van der Waals surface area (Å²) in [5, 5.41) is 8.38. The highest BCUT2D eigenvalue weighted by atomic mass is 35.5. The summed E-state index contributed by atoms with van der Waals surface area (Å²) in [7, 11) is -3.16. The Kier molecular flexibility index (Phi) is 6.74. The van der Waals surface area contributed by atoms with Crippen LogP contribution < -0.4 is 4.72 Å². The summed E-state index contributed by atoms with van der Waals surface area (Å²) >= 11 is 5.34. The molecule has 0 aromatic heterocycles. The first-order valence-electron chi connectivity index (χ1n) is 3.76. The fraction of sp³-hybridized carbons (Fsp3) is 1.00. The number of hydrogen-bond acceptors (Lipinski definition) is 3. The first-order valence-corrected chi connectivity index (χ1v) is 5.95. The maximum Gasteiger partial charge on any atom is 0.211 e. The molecule has 0 aromatic carbocycles. The summed E-state index contributed by atoms with van der Waals surface area (Å²) in [6, 6.07) is 0. The predicted molar refractivity (Wildman–Crippen MR) is 48.8 cm³/mol. The molecule has 0 fully saturated rings. The second kappa shape index (κ2) is 6.65. The van der Waals surface area contributed by atoms with E-state index in [2.05, 4.69) is 4.72 Å². The van der Waals surface area contributed by atoms with Gasteiger partial charge in [0.25, 0.3) is 0 Å². The molecule has 0 aliphatic carbocycles. The maximum absolute atomic E-state index is 11.0. The van der Waals surface area contributed by atoms with Crippen LogP contribution in [0.5, 0.6) is 0 Å². The molecule has 12 heavy (non-hydrogen) atoms. The van der Waals surface area contributed by atoms with E-state index >= 15 is 0 Å². The normalized spacial score (nSPS) is 11.8. The molecule has 0 aliphatic rings. The van der Waals surface area contributed by atoms with Crippen molar-refractivity contribution in [2.24, 2.45) is 0 Å². The summed E-state index contributed by atoms with van der Waals surface area (Å²) in [6.07, 6.45) is 0.899. The Morgan fingerprint density at radius 2 is 2.00 bits per heavy atom. The smallest absolute Gasteiger partial charge is 0.211 e. The Balaban J connectivity index is 3.58. The van der Waals surface area contributed by atoms with Gasteiger partial charge < -0.3 is 5.11 Å². The van der Waals surface area contributed by atoms with Gasteiger partial charge in [0.1, 0.15) is 0 Å². The first-order chi connectivity index (χ1) is 5.62. The predicted octanol–water partition coefficient (Wildman–Crippen LogP) is -0.0829. The first kappa shape index (κ1) is 12.2. The Morgan fingerprint density at radius 3 is 2.50 bits per heavy atom. The minimum absolute atomic E-state index is 0.00196. The molecule has 0 unspecified atom stereocenters. The van der Waals surface area contributed by atoms with Crippen LogP contribution in [0.1, 0.15) is 12.8 Å². The van der Waals surface area contributed by atoms with Crippen LogP contribution in [0, 0.1) is 0 Å². The van der Waals surface area contributed by atoms with E-state index in [9.17, 15) is 8.42 Å². The third kappa shape index (κ3) is 6.84. The minimum Gasteiger partial charge on any atom is -0.396 e. The zero-order valence-electron chi connectivity index (χ0n) is 6.79. The van der Waals surface area contributed by atoms with Crippen LogP contribution in [0.25, 0.3) is 0 Å². The number of alkyl halides is 1. The van der Waals surface area contributed by atoms with Gasteiger partial charge >= 0.3 is 0 Å². The maximum atomic E-state index is 11.0. The minimum atomic E-state index is -3.16. The van der Waals surface area contributed by atoms with Gasteiger partial charge in [0.2, 0.25) is 10.0 Å². The van der Waals surface area contributed by atoms with Gasteiger partial charge in [0.15, 0.2) is 0 Å². The molecule has 6 heteroatoms. The van der Waals surface area contributed by atoms with Crippen molar-refractivity contribution >= 4 is 21.6 Å². The number of halogens is 1. The summed E-state index contributed by atoms with van der Waals surface area (Å²) in [4.78, 5) is 0. The third-order valence-corrected chi connectivity index (χ3v) is 2.94. The van der Waals surface area contributed by atoms with Gasteiger partial charge in [0.05, 0.1) is 5.75 Å². The highest BCUT2D eigenvalue weighted by molar-refractivity contribution is 7.89. The van der Waals surface area contributed by atoms with Gasteiger partial charge in [-0.2, -0.15) is 0 Å². The molecule has 0 spiro atoms. The van der Waals surface area contributed by atoms with Gasteiger partial charge in [0, 0.05) is 19.0 Å². The summed E-state index contributed by atoms with van der Waals surface area (Å²) < 4.78 is 24.4. The molecule has 0 bridgehead atoms. The van der Waals surface area contributed by atoms with Crippen molar-refractivity contribution in [3.8, 4) is 0 Å². The Hall–Kier alpha value is 0.160. The molecule has 0 saturated carbocycles. The van der Waals surface area contributed by atoms with E-state index in [0.29, 0.717) is 25.3 Å². The van der Waals surface area contributed by atoms with Crippen LogP contribution in [0.3, 0.4) is 0 Å². The lowest BCUT2D eigenvalue weighted by Gasteiger charge is -2.03. The van der Waals surface area contributed by atoms with Crippen LogP contribution in [0.2, 0.25) is 0 Å². The third-order valence-electron chi connectivity index (χ3n) is 1.20. The van der Waals surface area contributed by atoms with Crippen LogP contribution in [-0.2, 0) is 10.0 Å². The largest absolute Gasteiger partial charge is 0.396 e. The van der Waals surface area contributed by atoms with Gasteiger partial charge in [-0.25, -0.2) is 13.1 Å². The second-order valence-electron chi connectivity index (χ2n) is 2.33. The SMILES string of the molecule is O=S(=O)(CCCCl)NCCCO. The molecule has 2 N–H and O–H groups in total. The van der Waals surface area contributed by atoms with E-state index in [4.69, 9.17) is 16.7 Å². The fourth-order valence-corrected chi connectivity index (χ4v) is 2.04. The Bertz CT molecular complexity index is 193. The van der Waals surface area contributed by atoms with Crippen molar-refractivity contribution in [1.82, 2.24) is 4.72 Å². The zero-order chi connectivity index (χ0) is 9.45. The van der Waals surface area contributed by atoms with Crippen molar-refractivity contribution in [2.75, 3.05) is 24.8 Å². The van der Waals surface area contributed by atoms with E-state index in [1.165, 1.54) is 0 Å². The second-order valence-corrected chi connectivity index (χ2v) is 4.64. The van der Waals surface area contributed by atoms with Crippen LogP contribution in [0.15, 0.2) is 0 Å². The number of hydrogen-bond donors (Lipinski definition) is 2. The molecule has 0 heterocycles. The monoisotopic (exact) mass is 215 g/mol. The van der Waals surface area contributed by atoms with E-state index < -0.39 is 10.0 Å². The lowest BCUT2D eigenvalue weighted by Crippen LogP contribution is -2.27. The van der Waals surface area contributed by atoms with E-state index in [1.54, 1.807) is 0 Å². The van der Waals surface area contributed by atoms with Crippen molar-refractivity contribution in [1.29, 1.82) is 0 Å². The molecule has 0 saturated heterocycles. The molecular weight excluding hydrogens is 202 g/mol. The average Bonchev–Trinajstić information content (AvgIpc) is 2.01. The van der Waals surface area contributed by atoms with Crippen LogP contribution in [0.4, 0.5) is 0 Å². The molecule has 0 amide bonds. The van der Waals surface area contributed by atoms with E-state index in [0.717, 1.165) is 0 Å². The zero-order valence-corrected chi connectivity index (χ0v) is 8.36. The molecule has 0 atom stereocenters. The molecular formula is C6H14ClNO3S. The number of aliphatic hydroxyl groups is 1. The van der Waals surface area contributed by atoms with Gasteiger partial charge in [-0.05, 0) is 12.8 Å². The number of nitrogens with one attached hydrogen (secondary N) is 1. The standard InChI is InChI=1S/C6H14ClNO3S/c7-3-1-6-12(10,11)8-4-2-5-9/h8-9H,1-6H2. The number of aliphatic hydroxyl groups excluding tert-OH is 1. The molecule has 0 rings (SSSR count). The van der Waals surface area contributed by atoms with E-state index in [1.807, 2.05) is 0 Å². The highest BCUT2D eigenvalue weighted by Crippen LogP contribution is 1.91. The molecule has 0 aromatic rings. The molecule has 0 aliphatic heterocycles. The fourth-order valence-electron chi connectivity index (χ4n) is 0.623. The van der Waals surface area contributed by atoms with Crippen molar-refractivity contribution < 1.29 is 13.5 Å². The number of sulfonamides is 1. The van der Waals surface area contributed by atoms with Gasteiger partial charge in [-0.3, -0.25) is 0 Å². The molecule has 74 valence electrons. The van der Waals surface area contributed by atoms with Crippen molar-refractivity contribution in [2.45, 2.75) is 12.8 Å². The van der Waals surface area contributed by atoms with Crippen LogP contribution in [-0.4, -0.2) is 38.3 Å². The van der Waals surface area contributed by atoms with Crippen molar-refractivity contribution in [3.05, 3.63) is 0 Å². The summed E-state index contributed by atoms with van der Waals surface area (Å²) in [5.74, 6) is 0.406. The number of rotatable bonds is 7. The average molecular weight is 216 g/mol. The Morgan fingerprint density at radius 1 is 1.33 bits per heavy atom. The van der Waals surface area contributed by atoms with Gasteiger partial charge in [-0.15, -0.1) is 11.6 Å². The summed E-state index contributed by atoms with van der Waals surface area (Å²) in [5.41, 5.74) is 0. The lowest BCUT2D eigenvalue weighted by atomic mass is 10.5. The molecule has 0 radical (unpaired) electrons. The lowest BCUT2D eigenvalue weighted by molar-refractivity contribution is 0.289. The Labute approximate surface area is 78.0 Å². The highest BCUT2D eigenvalue weighted by Gasteiger charge is 2.07. The van der Waals surface area contributed by atoms with E-state index in [-0.39, 0.29) is 12.4 Å². The topological polar surface area (TPSA) is 66.4 Å². The summed E-state index contributed by atoms with van der Waals surface area (Å²) in [6.45, 7) is 0.291.